The molecule has 0 aliphatic rings. The van der Waals surface area contributed by atoms with Crippen molar-refractivity contribution >= 4 is 39.9 Å². The Morgan fingerprint density at radius 3 is 2.70 bits per heavy atom. The Bertz CT molecular complexity index is 788. The molecular weight excluding hydrogens is 290 g/mol. The largest absolute Gasteiger partial charge is 0.369 e. The van der Waals surface area contributed by atoms with Gasteiger partial charge in [-0.05, 0) is 50.6 Å². The Morgan fingerprint density at radius 1 is 1.30 bits per heavy atom. The Hall–Kier alpha value is -1.52. The summed E-state index contributed by atoms with van der Waals surface area (Å²) in [5, 5.41) is 0.698. The van der Waals surface area contributed by atoms with Crippen LogP contribution in [-0.2, 0) is 0 Å². The smallest absolute Gasteiger partial charge is 0.201 e. The van der Waals surface area contributed by atoms with E-state index >= 15 is 0 Å². The predicted molar refractivity (Wildman–Crippen MR) is 86.8 cm³/mol. The van der Waals surface area contributed by atoms with Gasteiger partial charge in [0.25, 0.3) is 0 Å². The number of benzene rings is 1. The second-order valence-corrected chi connectivity index (χ2v) is 6.91. The maximum atomic E-state index is 6.11. The van der Waals surface area contributed by atoms with Gasteiger partial charge in [-0.15, -0.1) is 11.3 Å². The highest BCUT2D eigenvalue weighted by molar-refractivity contribution is 7.12. The SMILES string of the molecule is Cc1cc(C(C)n2c(N)nc3ccc(Cl)cc32)c(C)s1. The molecule has 0 amide bonds. The molecule has 2 aromatic heterocycles. The van der Waals surface area contributed by atoms with E-state index in [1.807, 2.05) is 29.5 Å². The van der Waals surface area contributed by atoms with Crippen molar-refractivity contribution in [1.82, 2.24) is 9.55 Å². The van der Waals surface area contributed by atoms with Gasteiger partial charge in [0, 0.05) is 14.8 Å². The van der Waals surface area contributed by atoms with Crippen LogP contribution in [0.2, 0.25) is 5.02 Å². The molecule has 104 valence electrons. The minimum Gasteiger partial charge on any atom is -0.369 e. The summed E-state index contributed by atoms with van der Waals surface area (Å²) in [6, 6.07) is 8.03. The zero-order chi connectivity index (χ0) is 14.4. The van der Waals surface area contributed by atoms with E-state index in [-0.39, 0.29) is 6.04 Å². The molecule has 0 radical (unpaired) electrons. The third-order valence-electron chi connectivity index (χ3n) is 3.60. The van der Waals surface area contributed by atoms with Gasteiger partial charge in [-0.25, -0.2) is 4.98 Å². The lowest BCUT2D eigenvalue weighted by atomic mass is 10.1. The van der Waals surface area contributed by atoms with Crippen LogP contribution in [0.15, 0.2) is 24.3 Å². The fraction of sp³-hybridized carbons (Fsp3) is 0.267. The number of imidazole rings is 1. The van der Waals surface area contributed by atoms with E-state index in [2.05, 4.69) is 36.4 Å². The molecule has 2 heterocycles. The standard InChI is InChI=1S/C15H16ClN3S/c1-8-6-12(10(3)20-8)9(2)19-14-7-11(16)4-5-13(14)18-15(19)17/h4-7,9H,1-3H3,(H2,17,18). The van der Waals surface area contributed by atoms with Crippen molar-refractivity contribution in [3.8, 4) is 0 Å². The average Bonchev–Trinajstić information content (AvgIpc) is 2.87. The topological polar surface area (TPSA) is 43.8 Å². The molecule has 0 aliphatic heterocycles. The van der Waals surface area contributed by atoms with Gasteiger partial charge >= 0.3 is 0 Å². The number of hydrogen-bond donors (Lipinski definition) is 1. The third kappa shape index (κ3) is 2.09. The van der Waals surface area contributed by atoms with Crippen LogP contribution in [-0.4, -0.2) is 9.55 Å². The maximum Gasteiger partial charge on any atom is 0.201 e. The normalized spacial score (nSPS) is 13.0. The van der Waals surface area contributed by atoms with Crippen LogP contribution in [0, 0.1) is 13.8 Å². The average molecular weight is 306 g/mol. The summed E-state index contributed by atoms with van der Waals surface area (Å²) in [6.45, 7) is 6.42. The number of hydrogen-bond acceptors (Lipinski definition) is 3. The second kappa shape index (κ2) is 4.79. The quantitative estimate of drug-likeness (QED) is 0.754. The number of nitrogen functional groups attached to an aromatic ring is 1. The van der Waals surface area contributed by atoms with Crippen molar-refractivity contribution in [3.63, 3.8) is 0 Å². The molecule has 1 atom stereocenters. The Kier molecular flexibility index (Phi) is 3.22. The van der Waals surface area contributed by atoms with Crippen LogP contribution < -0.4 is 5.73 Å². The second-order valence-electron chi connectivity index (χ2n) is 5.02. The van der Waals surface area contributed by atoms with E-state index in [4.69, 9.17) is 17.3 Å². The van der Waals surface area contributed by atoms with Crippen LogP contribution in [0.5, 0.6) is 0 Å². The number of thiophene rings is 1. The van der Waals surface area contributed by atoms with Gasteiger partial charge in [0.05, 0.1) is 17.1 Å². The van der Waals surface area contributed by atoms with Crippen molar-refractivity contribution in [2.75, 3.05) is 5.73 Å². The molecule has 0 bridgehead atoms. The van der Waals surface area contributed by atoms with Crippen LogP contribution in [0.3, 0.4) is 0 Å². The minimum absolute atomic E-state index is 0.142. The van der Waals surface area contributed by atoms with E-state index in [0.717, 1.165) is 11.0 Å². The molecule has 5 heteroatoms. The van der Waals surface area contributed by atoms with Crippen LogP contribution >= 0.6 is 22.9 Å². The Labute approximate surface area is 127 Å². The van der Waals surface area contributed by atoms with E-state index in [1.165, 1.54) is 15.3 Å². The fourth-order valence-electron chi connectivity index (χ4n) is 2.70. The Balaban J connectivity index is 2.20. The summed E-state index contributed by atoms with van der Waals surface area (Å²) >= 11 is 7.91. The minimum atomic E-state index is 0.142. The number of anilines is 1. The van der Waals surface area contributed by atoms with E-state index in [0.29, 0.717) is 11.0 Å². The molecule has 0 fully saturated rings. The van der Waals surface area contributed by atoms with E-state index in [1.54, 1.807) is 0 Å². The van der Waals surface area contributed by atoms with E-state index < -0.39 is 0 Å². The van der Waals surface area contributed by atoms with Gasteiger partial charge in [-0.2, -0.15) is 0 Å². The molecule has 3 nitrogen and oxygen atoms in total. The first kappa shape index (κ1) is 13.5. The summed E-state index contributed by atoms with van der Waals surface area (Å²) in [4.78, 5) is 7.05. The van der Waals surface area contributed by atoms with Gasteiger partial charge in [-0.3, -0.25) is 0 Å². The van der Waals surface area contributed by atoms with Gasteiger partial charge < -0.3 is 10.3 Å². The van der Waals surface area contributed by atoms with Crippen LogP contribution in [0.4, 0.5) is 5.95 Å². The summed E-state index contributed by atoms with van der Waals surface area (Å²) < 4.78 is 2.05. The predicted octanol–water partition coefficient (Wildman–Crippen LogP) is 4.56. The van der Waals surface area contributed by atoms with Crippen molar-refractivity contribution in [2.24, 2.45) is 0 Å². The molecule has 0 spiro atoms. The van der Waals surface area contributed by atoms with Gasteiger partial charge in [-0.1, -0.05) is 11.6 Å². The molecule has 20 heavy (non-hydrogen) atoms. The monoisotopic (exact) mass is 305 g/mol. The van der Waals surface area contributed by atoms with Crippen LogP contribution in [0.1, 0.15) is 28.3 Å². The number of aromatic nitrogens is 2. The number of fused-ring (bicyclic) bond motifs is 1. The number of rotatable bonds is 2. The number of halogens is 1. The van der Waals surface area contributed by atoms with Gasteiger partial charge in [0.15, 0.2) is 0 Å². The van der Waals surface area contributed by atoms with Gasteiger partial charge in [0.1, 0.15) is 0 Å². The molecule has 3 aromatic rings. The maximum absolute atomic E-state index is 6.11. The lowest BCUT2D eigenvalue weighted by Crippen LogP contribution is -2.10. The highest BCUT2D eigenvalue weighted by atomic mass is 35.5. The Morgan fingerprint density at radius 2 is 2.05 bits per heavy atom. The molecule has 0 saturated heterocycles. The van der Waals surface area contributed by atoms with Crippen molar-refractivity contribution in [2.45, 2.75) is 26.8 Å². The highest BCUT2D eigenvalue weighted by Gasteiger charge is 2.18. The number of nitrogens with two attached hydrogens (primary N) is 1. The zero-order valence-electron chi connectivity index (χ0n) is 11.6. The van der Waals surface area contributed by atoms with E-state index in [9.17, 15) is 0 Å². The first-order valence-electron chi connectivity index (χ1n) is 6.47. The molecule has 1 unspecified atom stereocenters. The number of nitrogens with zero attached hydrogens (tertiary/aromatic N) is 2. The summed E-state index contributed by atoms with van der Waals surface area (Å²) in [7, 11) is 0. The van der Waals surface area contributed by atoms with Crippen molar-refractivity contribution < 1.29 is 0 Å². The zero-order valence-corrected chi connectivity index (χ0v) is 13.2. The molecule has 1 aromatic carbocycles. The third-order valence-corrected chi connectivity index (χ3v) is 4.81. The molecular formula is C15H16ClN3S. The highest BCUT2D eigenvalue weighted by Crippen LogP contribution is 2.33. The number of aryl methyl sites for hydroxylation is 2. The molecule has 2 N–H and O–H groups in total. The summed E-state index contributed by atoms with van der Waals surface area (Å²) in [6.07, 6.45) is 0. The fourth-order valence-corrected chi connectivity index (χ4v) is 3.88. The first-order chi connectivity index (χ1) is 9.47. The van der Waals surface area contributed by atoms with Crippen molar-refractivity contribution in [1.29, 1.82) is 0 Å². The molecule has 3 rings (SSSR count). The summed E-state index contributed by atoms with van der Waals surface area (Å²) in [5.74, 6) is 0.526. The van der Waals surface area contributed by atoms with Crippen molar-refractivity contribution in [3.05, 3.63) is 44.6 Å². The first-order valence-corrected chi connectivity index (χ1v) is 7.66. The van der Waals surface area contributed by atoms with Crippen LogP contribution in [0.25, 0.3) is 11.0 Å². The summed E-state index contributed by atoms with van der Waals surface area (Å²) in [5.41, 5.74) is 9.26. The lowest BCUT2D eigenvalue weighted by molar-refractivity contribution is 0.666. The van der Waals surface area contributed by atoms with Gasteiger partial charge in [0.2, 0.25) is 5.95 Å². The molecule has 0 saturated carbocycles. The molecule has 0 aliphatic carbocycles. The lowest BCUT2D eigenvalue weighted by Gasteiger charge is -2.16.